The minimum Gasteiger partial charge on any atom is -0.293 e. The Hall–Kier alpha value is -0.350. The second kappa shape index (κ2) is 8.18. The Kier molecular flexibility index (Phi) is 7.24. The fraction of sp³-hybridized carbons (Fsp3) is 0.571. The Labute approximate surface area is 130 Å². The van der Waals surface area contributed by atoms with Crippen molar-refractivity contribution in [1.82, 2.24) is 0 Å². The molecular weight excluding hydrogens is 341 g/mol. The fourth-order valence-electron chi connectivity index (χ4n) is 1.28. The van der Waals surface area contributed by atoms with E-state index in [4.69, 9.17) is 9.05 Å². The highest BCUT2D eigenvalue weighted by atomic mass is 79.9. The number of anilines is 1. The molecule has 4 nitrogen and oxygen atoms in total. The van der Waals surface area contributed by atoms with E-state index in [-0.39, 0.29) is 11.8 Å². The predicted octanol–water partition coefficient (Wildman–Crippen LogP) is 5.31. The third-order valence-electron chi connectivity index (χ3n) is 2.27. The van der Waals surface area contributed by atoms with Crippen molar-refractivity contribution >= 4 is 29.4 Å². The molecule has 0 aliphatic heterocycles. The molecule has 6 heteroatoms. The zero-order chi connectivity index (χ0) is 15.2. The summed E-state index contributed by atoms with van der Waals surface area (Å²) in [5, 5.41) is 2.88. The van der Waals surface area contributed by atoms with Gasteiger partial charge in [0.25, 0.3) is 0 Å². The van der Waals surface area contributed by atoms with Gasteiger partial charge in [0.2, 0.25) is 0 Å². The minimum absolute atomic E-state index is 0.290. The van der Waals surface area contributed by atoms with Crippen LogP contribution in [-0.2, 0) is 13.6 Å². The topological polar surface area (TPSA) is 47.6 Å². The molecule has 0 fully saturated rings. The van der Waals surface area contributed by atoms with Gasteiger partial charge in [-0.2, -0.15) is 0 Å². The largest absolute Gasteiger partial charge is 0.432 e. The average Bonchev–Trinajstić information content (AvgIpc) is 2.37. The Morgan fingerprint density at radius 3 is 1.90 bits per heavy atom. The molecule has 0 aromatic heterocycles. The van der Waals surface area contributed by atoms with Gasteiger partial charge in [-0.15, -0.1) is 0 Å². The Morgan fingerprint density at radius 1 is 1.05 bits per heavy atom. The fourth-order valence-corrected chi connectivity index (χ4v) is 3.20. The number of hydrogen-bond acceptors (Lipinski definition) is 3. The van der Waals surface area contributed by atoms with Crippen LogP contribution in [0.4, 0.5) is 5.69 Å². The molecular formula is C14H23BrNO3P. The van der Waals surface area contributed by atoms with Crippen LogP contribution in [0.15, 0.2) is 28.7 Å². The standard InChI is InChI=1S/C14H23BrNO3P/c1-11(2)9-18-20(17,19-10-12(3)4)16-14-7-5-13(15)6-8-14/h5-8,11-12H,9-10H2,1-4H3,(H,16,17). The highest BCUT2D eigenvalue weighted by Gasteiger charge is 2.25. The number of benzene rings is 1. The lowest BCUT2D eigenvalue weighted by Gasteiger charge is -2.22. The average molecular weight is 364 g/mol. The Morgan fingerprint density at radius 2 is 1.50 bits per heavy atom. The Bertz CT molecular complexity index is 432. The predicted molar refractivity (Wildman–Crippen MR) is 87.0 cm³/mol. The van der Waals surface area contributed by atoms with Crippen LogP contribution in [0.25, 0.3) is 0 Å². The van der Waals surface area contributed by atoms with Crippen LogP contribution in [-0.4, -0.2) is 13.2 Å². The van der Waals surface area contributed by atoms with E-state index in [0.717, 1.165) is 4.47 Å². The second-order valence-corrected chi connectivity index (χ2v) is 8.15. The smallest absolute Gasteiger partial charge is 0.293 e. The van der Waals surface area contributed by atoms with Gasteiger partial charge in [-0.25, -0.2) is 4.57 Å². The maximum absolute atomic E-state index is 12.7. The van der Waals surface area contributed by atoms with Gasteiger partial charge in [0, 0.05) is 10.2 Å². The molecule has 20 heavy (non-hydrogen) atoms. The van der Waals surface area contributed by atoms with Gasteiger partial charge in [-0.1, -0.05) is 43.6 Å². The lowest BCUT2D eigenvalue weighted by atomic mass is 10.2. The van der Waals surface area contributed by atoms with Crippen LogP contribution >= 0.6 is 23.7 Å². The molecule has 0 amide bonds. The van der Waals surface area contributed by atoms with Crippen LogP contribution in [0.2, 0.25) is 0 Å². The molecule has 0 bridgehead atoms. The molecule has 1 rings (SSSR count). The summed E-state index contributed by atoms with van der Waals surface area (Å²) in [7, 11) is -3.33. The normalized spacial score (nSPS) is 12.2. The lowest BCUT2D eigenvalue weighted by Crippen LogP contribution is -2.11. The lowest BCUT2D eigenvalue weighted by molar-refractivity contribution is 0.177. The van der Waals surface area contributed by atoms with Crippen molar-refractivity contribution in [3.05, 3.63) is 28.7 Å². The monoisotopic (exact) mass is 363 g/mol. The first-order valence-corrected chi connectivity index (χ1v) is 9.07. The Balaban J connectivity index is 2.75. The molecule has 0 radical (unpaired) electrons. The third-order valence-corrected chi connectivity index (χ3v) is 4.30. The summed E-state index contributed by atoms with van der Waals surface area (Å²) in [5.41, 5.74) is 0.712. The highest BCUT2D eigenvalue weighted by molar-refractivity contribution is 9.10. The molecule has 0 spiro atoms. The number of rotatable bonds is 8. The summed E-state index contributed by atoms with van der Waals surface area (Å²) in [5.74, 6) is 0.579. The second-order valence-electron chi connectivity index (χ2n) is 5.50. The van der Waals surface area contributed by atoms with E-state index in [9.17, 15) is 4.57 Å². The van der Waals surface area contributed by atoms with Crippen molar-refractivity contribution in [2.75, 3.05) is 18.3 Å². The maximum Gasteiger partial charge on any atom is 0.432 e. The molecule has 0 saturated heterocycles. The van der Waals surface area contributed by atoms with Crippen molar-refractivity contribution in [1.29, 1.82) is 0 Å². The number of hydrogen-bond donors (Lipinski definition) is 1. The molecule has 1 aromatic rings. The quantitative estimate of drug-likeness (QED) is 0.635. The molecule has 1 aromatic carbocycles. The molecule has 0 atom stereocenters. The van der Waals surface area contributed by atoms with Crippen LogP contribution in [0.3, 0.4) is 0 Å². The van der Waals surface area contributed by atoms with E-state index in [1.807, 2.05) is 52.0 Å². The number of halogens is 1. The molecule has 0 aliphatic rings. The van der Waals surface area contributed by atoms with Crippen molar-refractivity contribution < 1.29 is 13.6 Å². The van der Waals surface area contributed by atoms with Crippen LogP contribution < -0.4 is 5.09 Å². The van der Waals surface area contributed by atoms with Crippen molar-refractivity contribution in [2.24, 2.45) is 11.8 Å². The molecule has 0 unspecified atom stereocenters. The van der Waals surface area contributed by atoms with Crippen molar-refractivity contribution in [3.8, 4) is 0 Å². The summed E-state index contributed by atoms with van der Waals surface area (Å²) in [4.78, 5) is 0. The van der Waals surface area contributed by atoms with Gasteiger partial charge in [-0.3, -0.25) is 14.1 Å². The third kappa shape index (κ3) is 6.89. The van der Waals surface area contributed by atoms with E-state index >= 15 is 0 Å². The molecule has 0 saturated carbocycles. The highest BCUT2D eigenvalue weighted by Crippen LogP contribution is 2.48. The summed E-state index contributed by atoms with van der Waals surface area (Å²) in [6.07, 6.45) is 0. The van der Waals surface area contributed by atoms with Crippen molar-refractivity contribution in [3.63, 3.8) is 0 Å². The molecule has 1 N–H and O–H groups in total. The van der Waals surface area contributed by atoms with Gasteiger partial charge >= 0.3 is 7.75 Å². The van der Waals surface area contributed by atoms with Crippen LogP contribution in [0.1, 0.15) is 27.7 Å². The maximum atomic E-state index is 12.7. The molecule has 114 valence electrons. The zero-order valence-corrected chi connectivity index (χ0v) is 14.9. The van der Waals surface area contributed by atoms with E-state index < -0.39 is 7.75 Å². The van der Waals surface area contributed by atoms with E-state index in [0.29, 0.717) is 18.9 Å². The zero-order valence-electron chi connectivity index (χ0n) is 12.4. The molecule has 0 aliphatic carbocycles. The van der Waals surface area contributed by atoms with Gasteiger partial charge in [-0.05, 0) is 36.1 Å². The first kappa shape index (κ1) is 17.7. The molecule has 0 heterocycles. The van der Waals surface area contributed by atoms with E-state index in [1.165, 1.54) is 0 Å². The summed E-state index contributed by atoms with van der Waals surface area (Å²) < 4.78 is 24.6. The first-order valence-electron chi connectivity index (χ1n) is 6.73. The summed E-state index contributed by atoms with van der Waals surface area (Å²) >= 11 is 3.37. The van der Waals surface area contributed by atoms with Crippen LogP contribution in [0, 0.1) is 11.8 Å². The first-order chi connectivity index (χ1) is 9.31. The van der Waals surface area contributed by atoms with Gasteiger partial charge < -0.3 is 0 Å². The van der Waals surface area contributed by atoms with E-state index in [1.54, 1.807) is 0 Å². The van der Waals surface area contributed by atoms with E-state index in [2.05, 4.69) is 21.0 Å². The summed E-state index contributed by atoms with van der Waals surface area (Å²) in [6, 6.07) is 7.40. The van der Waals surface area contributed by atoms with Crippen molar-refractivity contribution in [2.45, 2.75) is 27.7 Å². The van der Waals surface area contributed by atoms with Crippen LogP contribution in [0.5, 0.6) is 0 Å². The van der Waals surface area contributed by atoms with Gasteiger partial charge in [0.15, 0.2) is 0 Å². The van der Waals surface area contributed by atoms with Gasteiger partial charge in [0.05, 0.1) is 13.2 Å². The number of nitrogens with one attached hydrogen (secondary N) is 1. The van der Waals surface area contributed by atoms with Gasteiger partial charge in [0.1, 0.15) is 0 Å². The summed E-state index contributed by atoms with van der Waals surface area (Å²) in [6.45, 7) is 8.80. The minimum atomic E-state index is -3.33. The SMILES string of the molecule is CC(C)COP(=O)(Nc1ccc(Br)cc1)OCC(C)C.